The van der Waals surface area contributed by atoms with Gasteiger partial charge in [-0.3, -0.25) is 0 Å². The maximum Gasteiger partial charge on any atom is 0.135 e. The zero-order chi connectivity index (χ0) is 10.7. The molecule has 3 nitrogen and oxygen atoms in total. The van der Waals surface area contributed by atoms with Gasteiger partial charge in [0, 0.05) is 12.8 Å². The molecule has 80 valence electrons. The molecule has 1 aliphatic heterocycles. The largest absolute Gasteiger partial charge is 0.392 e. The Kier molecular flexibility index (Phi) is 3.02. The second-order valence-electron chi connectivity index (χ2n) is 3.92. The Morgan fingerprint density at radius 3 is 2.80 bits per heavy atom. The van der Waals surface area contributed by atoms with Crippen molar-refractivity contribution in [3.63, 3.8) is 0 Å². The first kappa shape index (κ1) is 10.2. The second-order valence-corrected chi connectivity index (χ2v) is 3.92. The molecule has 0 spiro atoms. The van der Waals surface area contributed by atoms with Gasteiger partial charge in [-0.1, -0.05) is 35.5 Å². The van der Waals surface area contributed by atoms with Crippen LogP contribution >= 0.6 is 0 Å². The molecule has 2 atom stereocenters. The first-order chi connectivity index (χ1) is 7.25. The standard InChI is InChI=1S/C12H15NO2/c1-9-7-11(15-13-9)8-12(14)10-5-3-2-4-6-10/h2-6,11-12,14H,7-8H2,1H3/t11-,12-/m1/s1. The zero-order valence-corrected chi connectivity index (χ0v) is 8.76. The van der Waals surface area contributed by atoms with Crippen LogP contribution in [0.4, 0.5) is 0 Å². The molecule has 0 aliphatic carbocycles. The van der Waals surface area contributed by atoms with Crippen molar-refractivity contribution < 1.29 is 9.94 Å². The summed E-state index contributed by atoms with van der Waals surface area (Å²) < 4.78 is 0. The van der Waals surface area contributed by atoms with Crippen molar-refractivity contribution >= 4 is 5.71 Å². The van der Waals surface area contributed by atoms with Crippen LogP contribution in [-0.2, 0) is 4.84 Å². The Morgan fingerprint density at radius 2 is 2.20 bits per heavy atom. The summed E-state index contributed by atoms with van der Waals surface area (Å²) in [6.45, 7) is 1.94. The lowest BCUT2D eigenvalue weighted by atomic mass is 10.0. The molecule has 0 amide bonds. The molecule has 0 saturated heterocycles. The Bertz CT molecular complexity index is 348. The van der Waals surface area contributed by atoms with Crippen LogP contribution < -0.4 is 0 Å². The summed E-state index contributed by atoms with van der Waals surface area (Å²) in [4.78, 5) is 5.19. The lowest BCUT2D eigenvalue weighted by Gasteiger charge is -2.14. The summed E-state index contributed by atoms with van der Waals surface area (Å²) in [6.07, 6.45) is 0.992. The summed E-state index contributed by atoms with van der Waals surface area (Å²) in [5.74, 6) is 0. The monoisotopic (exact) mass is 205 g/mol. The van der Waals surface area contributed by atoms with E-state index in [2.05, 4.69) is 5.16 Å². The van der Waals surface area contributed by atoms with Crippen LogP contribution in [0.15, 0.2) is 35.5 Å². The Morgan fingerprint density at radius 1 is 1.47 bits per heavy atom. The zero-order valence-electron chi connectivity index (χ0n) is 8.76. The molecule has 0 radical (unpaired) electrons. The van der Waals surface area contributed by atoms with Gasteiger partial charge in [0.05, 0.1) is 11.8 Å². The lowest BCUT2D eigenvalue weighted by molar-refractivity contribution is 0.0363. The topological polar surface area (TPSA) is 41.8 Å². The molecular weight excluding hydrogens is 190 g/mol. The first-order valence-electron chi connectivity index (χ1n) is 5.18. The fourth-order valence-electron chi connectivity index (χ4n) is 1.76. The van der Waals surface area contributed by atoms with Crippen molar-refractivity contribution in [2.45, 2.75) is 32.0 Å². The summed E-state index contributed by atoms with van der Waals surface area (Å²) in [5.41, 5.74) is 1.94. The highest BCUT2D eigenvalue weighted by Crippen LogP contribution is 2.23. The van der Waals surface area contributed by atoms with E-state index in [1.54, 1.807) is 0 Å². The summed E-state index contributed by atoms with van der Waals surface area (Å²) in [7, 11) is 0. The quantitative estimate of drug-likeness (QED) is 0.822. The van der Waals surface area contributed by atoms with Crippen molar-refractivity contribution in [2.75, 3.05) is 0 Å². The minimum Gasteiger partial charge on any atom is -0.392 e. The Balaban J connectivity index is 1.91. The van der Waals surface area contributed by atoms with E-state index < -0.39 is 6.10 Å². The molecule has 15 heavy (non-hydrogen) atoms. The van der Waals surface area contributed by atoms with Gasteiger partial charge in [-0.15, -0.1) is 0 Å². The number of nitrogens with zero attached hydrogens (tertiary/aromatic N) is 1. The van der Waals surface area contributed by atoms with E-state index in [1.807, 2.05) is 37.3 Å². The molecule has 0 unspecified atom stereocenters. The highest BCUT2D eigenvalue weighted by atomic mass is 16.6. The minimum absolute atomic E-state index is 0.0280. The maximum atomic E-state index is 9.94. The molecule has 1 heterocycles. The van der Waals surface area contributed by atoms with Gasteiger partial charge in [0.15, 0.2) is 0 Å². The fourth-order valence-corrected chi connectivity index (χ4v) is 1.76. The van der Waals surface area contributed by atoms with E-state index in [0.29, 0.717) is 6.42 Å². The number of benzene rings is 1. The molecule has 1 N–H and O–H groups in total. The van der Waals surface area contributed by atoms with Gasteiger partial charge in [0.2, 0.25) is 0 Å². The predicted molar refractivity (Wildman–Crippen MR) is 58.6 cm³/mol. The average Bonchev–Trinajstić information content (AvgIpc) is 2.65. The van der Waals surface area contributed by atoms with Crippen LogP contribution in [0.5, 0.6) is 0 Å². The molecule has 1 aromatic rings. The van der Waals surface area contributed by atoms with E-state index in [0.717, 1.165) is 17.7 Å². The van der Waals surface area contributed by atoms with E-state index >= 15 is 0 Å². The van der Waals surface area contributed by atoms with Gasteiger partial charge in [0.1, 0.15) is 6.10 Å². The van der Waals surface area contributed by atoms with E-state index in [9.17, 15) is 5.11 Å². The van der Waals surface area contributed by atoms with E-state index in [1.165, 1.54) is 0 Å². The third kappa shape index (κ3) is 2.57. The molecule has 0 fully saturated rings. The van der Waals surface area contributed by atoms with Crippen LogP contribution in [0.3, 0.4) is 0 Å². The van der Waals surface area contributed by atoms with Crippen LogP contribution in [0.25, 0.3) is 0 Å². The minimum atomic E-state index is -0.461. The molecular formula is C12H15NO2. The Hall–Kier alpha value is -1.35. The third-order valence-electron chi connectivity index (χ3n) is 2.55. The van der Waals surface area contributed by atoms with Crippen LogP contribution in [0, 0.1) is 0 Å². The number of aliphatic hydroxyl groups excluding tert-OH is 1. The second kappa shape index (κ2) is 4.45. The molecule has 1 aromatic carbocycles. The van der Waals surface area contributed by atoms with Crippen LogP contribution in [0.1, 0.15) is 31.4 Å². The van der Waals surface area contributed by atoms with Gasteiger partial charge >= 0.3 is 0 Å². The number of rotatable bonds is 3. The number of oxime groups is 1. The molecule has 3 heteroatoms. The highest BCUT2D eigenvalue weighted by molar-refractivity contribution is 5.82. The van der Waals surface area contributed by atoms with Gasteiger partial charge in [-0.25, -0.2) is 0 Å². The summed E-state index contributed by atoms with van der Waals surface area (Å²) >= 11 is 0. The predicted octanol–water partition coefficient (Wildman–Crippen LogP) is 2.27. The van der Waals surface area contributed by atoms with Crippen molar-refractivity contribution in [1.82, 2.24) is 0 Å². The Labute approximate surface area is 89.4 Å². The summed E-state index contributed by atoms with van der Waals surface area (Å²) in [6, 6.07) is 9.64. The number of hydrogen-bond donors (Lipinski definition) is 1. The number of aliphatic hydroxyl groups is 1. The smallest absolute Gasteiger partial charge is 0.135 e. The van der Waals surface area contributed by atoms with Gasteiger partial charge in [-0.05, 0) is 12.5 Å². The summed E-state index contributed by atoms with van der Waals surface area (Å²) in [5, 5.41) is 13.8. The van der Waals surface area contributed by atoms with Crippen molar-refractivity contribution in [3.05, 3.63) is 35.9 Å². The molecule has 1 aliphatic rings. The highest BCUT2D eigenvalue weighted by Gasteiger charge is 2.22. The molecule has 0 bridgehead atoms. The van der Waals surface area contributed by atoms with Crippen molar-refractivity contribution in [1.29, 1.82) is 0 Å². The van der Waals surface area contributed by atoms with Gasteiger partial charge < -0.3 is 9.94 Å². The van der Waals surface area contributed by atoms with Crippen molar-refractivity contribution in [2.24, 2.45) is 5.16 Å². The third-order valence-corrected chi connectivity index (χ3v) is 2.55. The lowest BCUT2D eigenvalue weighted by Crippen LogP contribution is -2.12. The number of hydrogen-bond acceptors (Lipinski definition) is 3. The fraction of sp³-hybridized carbons (Fsp3) is 0.417. The molecule has 0 aromatic heterocycles. The van der Waals surface area contributed by atoms with E-state index in [-0.39, 0.29) is 6.10 Å². The van der Waals surface area contributed by atoms with E-state index in [4.69, 9.17) is 4.84 Å². The molecule has 0 saturated carbocycles. The van der Waals surface area contributed by atoms with Crippen molar-refractivity contribution in [3.8, 4) is 0 Å². The SMILES string of the molecule is CC1=NO[C@@H](C[C@@H](O)c2ccccc2)C1. The first-order valence-corrected chi connectivity index (χ1v) is 5.18. The van der Waals surface area contributed by atoms with Crippen LogP contribution in [-0.4, -0.2) is 16.9 Å². The van der Waals surface area contributed by atoms with Gasteiger partial charge in [-0.2, -0.15) is 0 Å². The molecule has 2 rings (SSSR count). The average molecular weight is 205 g/mol. The van der Waals surface area contributed by atoms with Gasteiger partial charge in [0.25, 0.3) is 0 Å². The normalized spacial score (nSPS) is 22.0. The van der Waals surface area contributed by atoms with Crippen LogP contribution in [0.2, 0.25) is 0 Å². The maximum absolute atomic E-state index is 9.94.